The lowest BCUT2D eigenvalue weighted by atomic mass is 10.0. The first kappa shape index (κ1) is 14.0. The molecule has 0 radical (unpaired) electrons. The Hall–Kier alpha value is -2.04. The van der Waals surface area contributed by atoms with E-state index in [1.165, 1.54) is 14.2 Å². The molecular weight excluding hydrogens is 234 g/mol. The van der Waals surface area contributed by atoms with Gasteiger partial charge in [-0.3, -0.25) is 0 Å². The molecule has 1 aliphatic carbocycles. The summed E-state index contributed by atoms with van der Waals surface area (Å²) in [7, 11) is 4.36. The summed E-state index contributed by atoms with van der Waals surface area (Å²) < 4.78 is 9.44. The molecule has 0 spiro atoms. The fraction of sp³-hybridized carbons (Fsp3) is 0.385. The number of hydrogen-bond acceptors (Lipinski definition) is 5. The van der Waals surface area contributed by atoms with Crippen LogP contribution in [0, 0.1) is 0 Å². The Morgan fingerprint density at radius 1 is 1.17 bits per heavy atom. The molecular formula is C13H17NO4. The van der Waals surface area contributed by atoms with E-state index in [9.17, 15) is 9.59 Å². The second kappa shape index (κ2) is 5.53. The zero-order valence-electron chi connectivity index (χ0n) is 11.2. The summed E-state index contributed by atoms with van der Waals surface area (Å²) >= 11 is 0. The van der Waals surface area contributed by atoms with Gasteiger partial charge in [0.2, 0.25) is 0 Å². The van der Waals surface area contributed by atoms with E-state index in [1.807, 2.05) is 6.92 Å². The lowest BCUT2D eigenvalue weighted by Crippen LogP contribution is -2.12. The van der Waals surface area contributed by atoms with Gasteiger partial charge in [-0.05, 0) is 25.5 Å². The van der Waals surface area contributed by atoms with E-state index in [-0.39, 0.29) is 0 Å². The molecule has 18 heavy (non-hydrogen) atoms. The van der Waals surface area contributed by atoms with Crippen molar-refractivity contribution >= 4 is 11.9 Å². The van der Waals surface area contributed by atoms with Gasteiger partial charge in [-0.25, -0.2) is 9.59 Å². The van der Waals surface area contributed by atoms with Gasteiger partial charge in [-0.15, -0.1) is 0 Å². The van der Waals surface area contributed by atoms with Gasteiger partial charge >= 0.3 is 11.9 Å². The number of ether oxygens (including phenoxy) is 2. The molecule has 0 fully saturated rings. The largest absolute Gasteiger partial charge is 0.465 e. The Labute approximate surface area is 106 Å². The van der Waals surface area contributed by atoms with E-state index in [1.54, 1.807) is 20.0 Å². The third kappa shape index (κ3) is 2.30. The number of esters is 2. The molecule has 0 saturated heterocycles. The highest BCUT2D eigenvalue weighted by molar-refractivity contribution is 6.05. The highest BCUT2D eigenvalue weighted by Crippen LogP contribution is 2.33. The average molecular weight is 251 g/mol. The van der Waals surface area contributed by atoms with Crippen LogP contribution in [0.4, 0.5) is 0 Å². The van der Waals surface area contributed by atoms with Gasteiger partial charge < -0.3 is 14.8 Å². The van der Waals surface area contributed by atoms with E-state index in [0.29, 0.717) is 22.3 Å². The molecule has 0 unspecified atom stereocenters. The Bertz CT molecular complexity index is 483. The van der Waals surface area contributed by atoms with Crippen LogP contribution in [0.15, 0.2) is 34.1 Å². The van der Waals surface area contributed by atoms with Crippen LogP contribution in [0.3, 0.4) is 0 Å². The van der Waals surface area contributed by atoms with Gasteiger partial charge in [0.05, 0.1) is 25.4 Å². The molecule has 0 bridgehead atoms. The van der Waals surface area contributed by atoms with E-state index < -0.39 is 11.9 Å². The zero-order chi connectivity index (χ0) is 13.9. The minimum atomic E-state index is -0.466. The van der Waals surface area contributed by atoms with E-state index in [2.05, 4.69) is 5.32 Å². The van der Waals surface area contributed by atoms with E-state index in [0.717, 1.165) is 5.70 Å². The average Bonchev–Trinajstić information content (AvgIpc) is 2.73. The molecule has 0 atom stereocenters. The first-order valence-corrected chi connectivity index (χ1v) is 5.46. The summed E-state index contributed by atoms with van der Waals surface area (Å²) in [6, 6.07) is 0. The van der Waals surface area contributed by atoms with Gasteiger partial charge in [0.15, 0.2) is 0 Å². The first-order chi connectivity index (χ1) is 8.47. The van der Waals surface area contributed by atoms with Crippen LogP contribution in [0.25, 0.3) is 0 Å². The monoisotopic (exact) mass is 251 g/mol. The number of methoxy groups -OCH3 is 2. The molecule has 0 aliphatic heterocycles. The highest BCUT2D eigenvalue weighted by atomic mass is 16.5. The molecule has 0 aromatic rings. The summed E-state index contributed by atoms with van der Waals surface area (Å²) in [5.74, 6) is -0.931. The molecule has 1 aliphatic rings. The Kier molecular flexibility index (Phi) is 4.31. The number of rotatable bonds is 3. The Balaban J connectivity index is 3.40. The minimum Gasteiger partial charge on any atom is -0.465 e. The zero-order valence-corrected chi connectivity index (χ0v) is 11.2. The third-order valence-corrected chi connectivity index (χ3v) is 2.91. The molecule has 1 rings (SSSR count). The van der Waals surface area contributed by atoms with Gasteiger partial charge in [0.1, 0.15) is 0 Å². The fourth-order valence-electron chi connectivity index (χ4n) is 1.78. The van der Waals surface area contributed by atoms with Crippen molar-refractivity contribution in [2.24, 2.45) is 0 Å². The quantitative estimate of drug-likeness (QED) is 0.760. The van der Waals surface area contributed by atoms with Crippen LogP contribution in [0.1, 0.15) is 13.8 Å². The molecule has 0 aromatic carbocycles. The van der Waals surface area contributed by atoms with Crippen molar-refractivity contribution in [1.82, 2.24) is 5.32 Å². The van der Waals surface area contributed by atoms with Crippen LogP contribution in [0.5, 0.6) is 0 Å². The second-order valence-electron chi connectivity index (χ2n) is 3.83. The predicted octanol–water partition coefficient (Wildman–Crippen LogP) is 1.08. The molecule has 5 heteroatoms. The lowest BCUT2D eigenvalue weighted by Gasteiger charge is -2.08. The van der Waals surface area contributed by atoms with Crippen LogP contribution in [0.2, 0.25) is 0 Å². The molecule has 1 N–H and O–H groups in total. The van der Waals surface area contributed by atoms with Gasteiger partial charge in [-0.1, -0.05) is 0 Å². The van der Waals surface area contributed by atoms with Crippen molar-refractivity contribution in [3.63, 3.8) is 0 Å². The predicted molar refractivity (Wildman–Crippen MR) is 66.6 cm³/mol. The van der Waals surface area contributed by atoms with Crippen LogP contribution < -0.4 is 5.32 Å². The minimum absolute atomic E-state index is 0.377. The van der Waals surface area contributed by atoms with Crippen molar-refractivity contribution < 1.29 is 19.1 Å². The summed E-state index contributed by atoms with van der Waals surface area (Å²) in [6.07, 6.45) is 1.64. The molecule has 98 valence electrons. The van der Waals surface area contributed by atoms with Gasteiger partial charge in [0.25, 0.3) is 0 Å². The number of allylic oxidation sites excluding steroid dienone is 2. The summed E-state index contributed by atoms with van der Waals surface area (Å²) in [5.41, 5.74) is 2.78. The Morgan fingerprint density at radius 2 is 1.72 bits per heavy atom. The van der Waals surface area contributed by atoms with E-state index in [4.69, 9.17) is 9.47 Å². The molecule has 0 heterocycles. The Morgan fingerprint density at radius 3 is 2.17 bits per heavy atom. The van der Waals surface area contributed by atoms with Crippen molar-refractivity contribution in [2.45, 2.75) is 13.8 Å². The summed E-state index contributed by atoms with van der Waals surface area (Å²) in [4.78, 5) is 23.4. The van der Waals surface area contributed by atoms with Crippen molar-refractivity contribution in [3.05, 3.63) is 34.1 Å². The lowest BCUT2D eigenvalue weighted by molar-refractivity contribution is -0.136. The SMILES string of the molecule is CN/C(C)=C1\C=C(C(=O)OC)C(C)=C1C(=O)OC. The maximum atomic E-state index is 11.8. The number of carbonyl (C=O) groups excluding carboxylic acids is 2. The standard InChI is InChI=1S/C13H17NO4/c1-7-9(12(15)17-4)6-10(8(2)14-3)11(7)13(16)18-5/h6,14H,1-5H3/b10-8+. The summed E-state index contributed by atoms with van der Waals surface area (Å²) in [6.45, 7) is 3.52. The number of hydrogen-bond donors (Lipinski definition) is 1. The number of carbonyl (C=O) groups is 2. The second-order valence-corrected chi connectivity index (χ2v) is 3.83. The topological polar surface area (TPSA) is 64.6 Å². The third-order valence-electron chi connectivity index (χ3n) is 2.91. The van der Waals surface area contributed by atoms with Crippen molar-refractivity contribution in [1.29, 1.82) is 0 Å². The van der Waals surface area contributed by atoms with Crippen molar-refractivity contribution in [3.8, 4) is 0 Å². The van der Waals surface area contributed by atoms with Gasteiger partial charge in [-0.2, -0.15) is 0 Å². The smallest absolute Gasteiger partial charge is 0.338 e. The molecule has 0 saturated carbocycles. The molecule has 0 aromatic heterocycles. The van der Waals surface area contributed by atoms with Crippen LogP contribution >= 0.6 is 0 Å². The molecule has 0 amide bonds. The maximum absolute atomic E-state index is 11.8. The van der Waals surface area contributed by atoms with Crippen LogP contribution in [-0.2, 0) is 19.1 Å². The maximum Gasteiger partial charge on any atom is 0.338 e. The van der Waals surface area contributed by atoms with Crippen LogP contribution in [-0.4, -0.2) is 33.2 Å². The number of nitrogens with one attached hydrogen (secondary N) is 1. The fourth-order valence-corrected chi connectivity index (χ4v) is 1.78. The molecule has 5 nitrogen and oxygen atoms in total. The normalized spacial score (nSPS) is 17.3. The van der Waals surface area contributed by atoms with Crippen molar-refractivity contribution in [2.75, 3.05) is 21.3 Å². The van der Waals surface area contributed by atoms with Gasteiger partial charge in [0, 0.05) is 18.3 Å². The van der Waals surface area contributed by atoms with E-state index >= 15 is 0 Å². The first-order valence-electron chi connectivity index (χ1n) is 5.46. The highest BCUT2D eigenvalue weighted by Gasteiger charge is 2.30. The summed E-state index contributed by atoms with van der Waals surface area (Å²) in [5, 5.41) is 2.95.